The number of nitrogens with zero attached hydrogens (tertiary/aromatic N) is 5. The van der Waals surface area contributed by atoms with Gasteiger partial charge in [0.2, 0.25) is 0 Å². The number of aryl methyl sites for hydroxylation is 3. The van der Waals surface area contributed by atoms with Crippen LogP contribution in [0, 0.1) is 13.8 Å². The van der Waals surface area contributed by atoms with E-state index in [1.807, 2.05) is 35.9 Å². The fraction of sp³-hybridized carbons (Fsp3) is 0.280. The first-order chi connectivity index (χ1) is 15.5. The number of aliphatic hydroxyl groups is 1. The monoisotopic (exact) mass is 428 g/mol. The molecule has 0 aliphatic heterocycles. The molecule has 0 radical (unpaired) electrons. The number of pyridine rings is 1. The quantitative estimate of drug-likeness (QED) is 0.448. The Kier molecular flexibility index (Phi) is 6.28. The predicted octanol–water partition coefficient (Wildman–Crippen LogP) is 4.57. The second kappa shape index (κ2) is 9.28. The summed E-state index contributed by atoms with van der Waals surface area (Å²) in [6, 6.07) is 14.4. The summed E-state index contributed by atoms with van der Waals surface area (Å²) in [5, 5.41) is 22.3. The van der Waals surface area contributed by atoms with Gasteiger partial charge in [-0.25, -0.2) is 9.97 Å². The van der Waals surface area contributed by atoms with Crippen LogP contribution < -0.4 is 5.32 Å². The molecule has 0 fully saturated rings. The van der Waals surface area contributed by atoms with Crippen molar-refractivity contribution >= 4 is 5.82 Å². The van der Waals surface area contributed by atoms with Crippen LogP contribution in [0.15, 0.2) is 55.0 Å². The molecule has 3 aromatic heterocycles. The highest BCUT2D eigenvalue weighted by Crippen LogP contribution is 2.25. The van der Waals surface area contributed by atoms with E-state index < -0.39 is 0 Å². The third-order valence-electron chi connectivity index (χ3n) is 5.54. The average Bonchev–Trinajstić information content (AvgIpc) is 3.25. The molecule has 4 rings (SSSR count). The number of aliphatic hydroxyl groups excluding tert-OH is 1. The van der Waals surface area contributed by atoms with Gasteiger partial charge in [-0.1, -0.05) is 36.8 Å². The summed E-state index contributed by atoms with van der Waals surface area (Å²) >= 11 is 0. The Bertz CT molecular complexity index is 1220. The van der Waals surface area contributed by atoms with E-state index in [0.717, 1.165) is 29.2 Å². The van der Waals surface area contributed by atoms with E-state index in [9.17, 15) is 5.11 Å². The van der Waals surface area contributed by atoms with Crippen LogP contribution in [0.5, 0.6) is 0 Å². The van der Waals surface area contributed by atoms with E-state index in [1.54, 1.807) is 6.33 Å². The first kappa shape index (κ1) is 21.6. The van der Waals surface area contributed by atoms with Crippen LogP contribution in [-0.2, 0) is 13.0 Å². The lowest BCUT2D eigenvalue weighted by Gasteiger charge is -2.17. The predicted molar refractivity (Wildman–Crippen MR) is 126 cm³/mol. The zero-order chi connectivity index (χ0) is 22.7. The maximum Gasteiger partial charge on any atom is 0.152 e. The maximum absolute atomic E-state index is 9.88. The van der Waals surface area contributed by atoms with Crippen LogP contribution in [0.25, 0.3) is 17.1 Å². The molecule has 0 saturated heterocycles. The molecule has 0 amide bonds. The van der Waals surface area contributed by atoms with Crippen molar-refractivity contribution < 1.29 is 5.11 Å². The molecule has 164 valence electrons. The van der Waals surface area contributed by atoms with E-state index in [1.165, 1.54) is 11.1 Å². The molecule has 32 heavy (non-hydrogen) atoms. The molecule has 0 unspecified atom stereocenters. The second-order valence-electron chi connectivity index (χ2n) is 7.98. The molecule has 1 aromatic carbocycles. The van der Waals surface area contributed by atoms with E-state index in [0.29, 0.717) is 17.1 Å². The number of hydrogen-bond donors (Lipinski definition) is 2. The number of benzene rings is 1. The highest BCUT2D eigenvalue weighted by Gasteiger charge is 2.14. The molecule has 1 atom stereocenters. The molecule has 0 bridgehead atoms. The largest absolute Gasteiger partial charge is 0.390 e. The topological polar surface area (TPSA) is 88.8 Å². The first-order valence-corrected chi connectivity index (χ1v) is 10.8. The molecular formula is C25H28N6O. The fourth-order valence-corrected chi connectivity index (χ4v) is 3.63. The highest BCUT2D eigenvalue weighted by molar-refractivity contribution is 5.60. The number of nitrogens with one attached hydrogen (secondary N) is 1. The molecule has 0 aliphatic carbocycles. The molecule has 0 saturated carbocycles. The molecule has 2 N–H and O–H groups in total. The van der Waals surface area contributed by atoms with E-state index in [-0.39, 0.29) is 12.6 Å². The Hall–Kier alpha value is -3.58. The lowest BCUT2D eigenvalue weighted by atomic mass is 10.1. The number of imidazole rings is 1. The summed E-state index contributed by atoms with van der Waals surface area (Å²) in [5.41, 5.74) is 7.12. The zero-order valence-corrected chi connectivity index (χ0v) is 18.9. The minimum Gasteiger partial charge on any atom is -0.390 e. The van der Waals surface area contributed by atoms with E-state index >= 15 is 0 Å². The van der Waals surface area contributed by atoms with Crippen molar-refractivity contribution in [1.29, 1.82) is 0 Å². The number of hydrogen-bond acceptors (Lipinski definition) is 6. The van der Waals surface area contributed by atoms with Gasteiger partial charge < -0.3 is 15.0 Å². The lowest BCUT2D eigenvalue weighted by molar-refractivity contribution is 0.276. The van der Waals surface area contributed by atoms with Crippen LogP contribution in [-0.4, -0.2) is 29.8 Å². The standard InChI is InChI=1S/C25H28N6O/c1-5-19-12-22(29-30-25(19)27-18(4)20-8-6-16(2)7-9-20)21-10-11-24(23(14-32)28-21)31-13-17(3)26-15-31/h6-13,15,18,32H,5,14H2,1-4H3,(H,27,30)/t18-/m1/s1. The Morgan fingerprint density at radius 3 is 2.47 bits per heavy atom. The van der Waals surface area contributed by atoms with Gasteiger partial charge in [-0.15, -0.1) is 10.2 Å². The number of aromatic nitrogens is 5. The Morgan fingerprint density at radius 1 is 1.03 bits per heavy atom. The van der Waals surface area contributed by atoms with Crippen LogP contribution in [0.2, 0.25) is 0 Å². The van der Waals surface area contributed by atoms with Crippen molar-refractivity contribution in [3.05, 3.63) is 83.1 Å². The first-order valence-electron chi connectivity index (χ1n) is 10.8. The van der Waals surface area contributed by atoms with Gasteiger partial charge in [0.25, 0.3) is 0 Å². The molecule has 7 nitrogen and oxygen atoms in total. The molecule has 3 heterocycles. The van der Waals surface area contributed by atoms with Crippen LogP contribution in [0.3, 0.4) is 0 Å². The van der Waals surface area contributed by atoms with Gasteiger partial charge >= 0.3 is 0 Å². The zero-order valence-electron chi connectivity index (χ0n) is 18.9. The van der Waals surface area contributed by atoms with Crippen LogP contribution >= 0.6 is 0 Å². The summed E-state index contributed by atoms with van der Waals surface area (Å²) in [5.74, 6) is 0.775. The SMILES string of the molecule is CCc1cc(-c2ccc(-n3cnc(C)c3)c(CO)n2)nnc1N[C@H](C)c1ccc(C)cc1. The summed E-state index contributed by atoms with van der Waals surface area (Å²) < 4.78 is 1.86. The molecule has 4 aromatic rings. The molecule has 7 heteroatoms. The minimum atomic E-state index is -0.178. The highest BCUT2D eigenvalue weighted by atomic mass is 16.3. The third kappa shape index (κ3) is 4.53. The molecule has 0 spiro atoms. The minimum absolute atomic E-state index is 0.109. The summed E-state index contributed by atoms with van der Waals surface area (Å²) in [6.07, 6.45) is 4.43. The van der Waals surface area contributed by atoms with Crippen molar-refractivity contribution in [3.63, 3.8) is 0 Å². The van der Waals surface area contributed by atoms with Gasteiger partial charge in [-0.05, 0) is 56.5 Å². The lowest BCUT2D eigenvalue weighted by Crippen LogP contribution is -2.11. The average molecular weight is 429 g/mol. The van der Waals surface area contributed by atoms with Gasteiger partial charge in [0.05, 0.1) is 41.7 Å². The third-order valence-corrected chi connectivity index (χ3v) is 5.54. The summed E-state index contributed by atoms with van der Waals surface area (Å²) in [6.45, 7) is 8.04. The maximum atomic E-state index is 9.88. The van der Waals surface area contributed by atoms with Crippen molar-refractivity contribution in [3.8, 4) is 17.1 Å². The van der Waals surface area contributed by atoms with E-state index in [4.69, 9.17) is 0 Å². The van der Waals surface area contributed by atoms with Gasteiger partial charge in [0.1, 0.15) is 5.69 Å². The van der Waals surface area contributed by atoms with Gasteiger partial charge in [-0.2, -0.15) is 0 Å². The van der Waals surface area contributed by atoms with E-state index in [2.05, 4.69) is 70.5 Å². The van der Waals surface area contributed by atoms with Crippen molar-refractivity contribution in [2.24, 2.45) is 0 Å². The fourth-order valence-electron chi connectivity index (χ4n) is 3.63. The molecular weight excluding hydrogens is 400 g/mol. The van der Waals surface area contributed by atoms with Gasteiger partial charge in [0.15, 0.2) is 5.82 Å². The van der Waals surface area contributed by atoms with Crippen LogP contribution in [0.4, 0.5) is 5.82 Å². The van der Waals surface area contributed by atoms with Crippen molar-refractivity contribution in [1.82, 2.24) is 24.7 Å². The van der Waals surface area contributed by atoms with Crippen molar-refractivity contribution in [2.75, 3.05) is 5.32 Å². The number of rotatable bonds is 7. The Labute approximate surface area is 188 Å². The van der Waals surface area contributed by atoms with Gasteiger partial charge in [-0.3, -0.25) is 0 Å². The Balaban J connectivity index is 1.61. The van der Waals surface area contributed by atoms with Gasteiger partial charge in [0, 0.05) is 6.20 Å². The summed E-state index contributed by atoms with van der Waals surface area (Å²) in [7, 11) is 0. The van der Waals surface area contributed by atoms with Crippen molar-refractivity contribution in [2.45, 2.75) is 46.8 Å². The molecule has 0 aliphatic rings. The normalized spacial score (nSPS) is 12.0. The Morgan fingerprint density at radius 2 is 1.81 bits per heavy atom. The smallest absolute Gasteiger partial charge is 0.152 e. The van der Waals surface area contributed by atoms with Crippen LogP contribution in [0.1, 0.15) is 48.0 Å². The number of anilines is 1. The second-order valence-corrected chi connectivity index (χ2v) is 7.98. The summed E-state index contributed by atoms with van der Waals surface area (Å²) in [4.78, 5) is 8.90.